The number of halogens is 3. The van der Waals surface area contributed by atoms with Gasteiger partial charge in [-0.05, 0) is 61.6 Å². The fourth-order valence-corrected chi connectivity index (χ4v) is 4.72. The van der Waals surface area contributed by atoms with E-state index in [-0.39, 0.29) is 5.11 Å². The summed E-state index contributed by atoms with van der Waals surface area (Å²) in [6, 6.07) is 18.2. The number of carbonyl (C=O) groups is 1. The van der Waals surface area contributed by atoms with Crippen LogP contribution in [0.1, 0.15) is 6.92 Å². The van der Waals surface area contributed by atoms with Crippen LogP contribution in [0.5, 0.6) is 5.75 Å². The van der Waals surface area contributed by atoms with E-state index in [1.807, 2.05) is 36.4 Å². The predicted molar refractivity (Wildman–Crippen MR) is 141 cm³/mol. The molecule has 5 nitrogen and oxygen atoms in total. The minimum atomic E-state index is -0.854. The number of ether oxygens (including phenoxy) is 1. The molecule has 2 N–H and O–H groups in total. The Morgan fingerprint density at radius 2 is 1.85 bits per heavy atom. The van der Waals surface area contributed by atoms with E-state index in [9.17, 15) is 4.79 Å². The molecule has 0 spiro atoms. The van der Waals surface area contributed by atoms with E-state index in [1.54, 1.807) is 36.5 Å². The Bertz CT molecular complexity index is 1330. The molecule has 0 radical (unpaired) electrons. The van der Waals surface area contributed by atoms with Crippen LogP contribution in [-0.2, 0) is 4.79 Å². The molecule has 3 aromatic carbocycles. The summed E-state index contributed by atoms with van der Waals surface area (Å²) in [5, 5.41) is 7.74. The number of thiocarbonyl (C=S) groups is 1. The van der Waals surface area contributed by atoms with Gasteiger partial charge in [0.1, 0.15) is 10.8 Å². The molecule has 1 amide bonds. The maximum absolute atomic E-state index is 12.5. The topological polar surface area (TPSA) is 63.2 Å². The Hall–Kier alpha value is -2.42. The molecule has 1 atom stereocenters. The standard InChI is InChI=1S/C23H16Cl3N3O2S2/c1-12(31-19-9-7-14(24)11-16(19)26)21(30)29-23(32)28-18-10-13(6-8-15(18)25)22-27-17-4-2-3-5-20(17)33-22/h2-12H,1H3,(H2,28,29,30,32). The van der Waals surface area contributed by atoms with Gasteiger partial charge in [-0.2, -0.15) is 0 Å². The third-order valence-corrected chi connectivity index (χ3v) is 6.71. The molecule has 4 rings (SSSR count). The average molecular weight is 537 g/mol. The maximum Gasteiger partial charge on any atom is 0.266 e. The number of benzene rings is 3. The number of fused-ring (bicyclic) bond motifs is 1. The third kappa shape index (κ3) is 5.75. The Labute approximate surface area is 214 Å². The summed E-state index contributed by atoms with van der Waals surface area (Å²) < 4.78 is 6.71. The van der Waals surface area contributed by atoms with E-state index in [1.165, 1.54) is 6.07 Å². The highest BCUT2D eigenvalue weighted by atomic mass is 35.5. The molecule has 10 heteroatoms. The fraction of sp³-hybridized carbons (Fsp3) is 0.0870. The lowest BCUT2D eigenvalue weighted by atomic mass is 10.2. The second-order valence-electron chi connectivity index (χ2n) is 6.96. The normalized spacial score (nSPS) is 11.8. The number of para-hydroxylation sites is 1. The molecule has 1 aromatic heterocycles. The van der Waals surface area contributed by atoms with Gasteiger partial charge in [0, 0.05) is 10.6 Å². The first-order chi connectivity index (χ1) is 15.8. The third-order valence-electron chi connectivity index (χ3n) is 4.56. The number of amides is 1. The predicted octanol–water partition coefficient (Wildman–Crippen LogP) is 7.20. The van der Waals surface area contributed by atoms with Crippen LogP contribution in [0.4, 0.5) is 5.69 Å². The molecule has 0 fully saturated rings. The van der Waals surface area contributed by atoms with Gasteiger partial charge in [-0.15, -0.1) is 11.3 Å². The van der Waals surface area contributed by atoms with E-state index in [0.717, 1.165) is 20.8 Å². The highest BCUT2D eigenvalue weighted by molar-refractivity contribution is 7.80. The minimum Gasteiger partial charge on any atom is -0.479 e. The van der Waals surface area contributed by atoms with Gasteiger partial charge in [-0.1, -0.05) is 53.0 Å². The van der Waals surface area contributed by atoms with Crippen molar-refractivity contribution in [3.63, 3.8) is 0 Å². The molecule has 0 aliphatic rings. The molecule has 168 valence electrons. The molecule has 0 aliphatic heterocycles. The van der Waals surface area contributed by atoms with Crippen LogP contribution in [0.2, 0.25) is 15.1 Å². The zero-order chi connectivity index (χ0) is 23.5. The summed E-state index contributed by atoms with van der Waals surface area (Å²) in [5.41, 5.74) is 2.36. The van der Waals surface area contributed by atoms with Crippen LogP contribution >= 0.6 is 58.4 Å². The van der Waals surface area contributed by atoms with Crippen molar-refractivity contribution in [2.45, 2.75) is 13.0 Å². The average Bonchev–Trinajstić information content (AvgIpc) is 3.21. The molecule has 4 aromatic rings. The molecule has 0 aliphatic carbocycles. The van der Waals surface area contributed by atoms with Gasteiger partial charge in [0.15, 0.2) is 11.2 Å². The molecular formula is C23H16Cl3N3O2S2. The Morgan fingerprint density at radius 3 is 2.61 bits per heavy atom. The molecule has 0 saturated heterocycles. The number of carbonyl (C=O) groups excluding carboxylic acids is 1. The second kappa shape index (κ2) is 10.2. The number of anilines is 1. The number of nitrogens with zero attached hydrogens (tertiary/aromatic N) is 1. The molecule has 1 heterocycles. The molecule has 33 heavy (non-hydrogen) atoms. The summed E-state index contributed by atoms with van der Waals surface area (Å²) in [7, 11) is 0. The molecule has 0 saturated carbocycles. The summed E-state index contributed by atoms with van der Waals surface area (Å²) in [5.74, 6) is -0.105. The zero-order valence-corrected chi connectivity index (χ0v) is 21.0. The van der Waals surface area contributed by atoms with Gasteiger partial charge in [0.2, 0.25) is 0 Å². The summed E-state index contributed by atoms with van der Waals surface area (Å²) in [4.78, 5) is 17.2. The van der Waals surface area contributed by atoms with Crippen LogP contribution in [0.3, 0.4) is 0 Å². The van der Waals surface area contributed by atoms with Crippen LogP contribution in [0.25, 0.3) is 20.8 Å². The van der Waals surface area contributed by atoms with E-state index in [2.05, 4.69) is 15.6 Å². The van der Waals surface area contributed by atoms with Crippen LogP contribution < -0.4 is 15.4 Å². The number of nitrogens with one attached hydrogen (secondary N) is 2. The lowest BCUT2D eigenvalue weighted by Gasteiger charge is -2.17. The lowest BCUT2D eigenvalue weighted by Crippen LogP contribution is -2.42. The first-order valence-electron chi connectivity index (χ1n) is 9.69. The van der Waals surface area contributed by atoms with Crippen molar-refractivity contribution < 1.29 is 9.53 Å². The van der Waals surface area contributed by atoms with E-state index in [0.29, 0.717) is 26.5 Å². The van der Waals surface area contributed by atoms with Gasteiger partial charge in [-0.3, -0.25) is 10.1 Å². The van der Waals surface area contributed by atoms with Crippen molar-refractivity contribution in [3.05, 3.63) is 75.7 Å². The van der Waals surface area contributed by atoms with E-state index in [4.69, 9.17) is 51.8 Å². The first kappa shape index (κ1) is 23.7. The smallest absolute Gasteiger partial charge is 0.266 e. The van der Waals surface area contributed by atoms with Crippen LogP contribution in [0, 0.1) is 0 Å². The van der Waals surface area contributed by atoms with Gasteiger partial charge in [0.05, 0.1) is 25.9 Å². The van der Waals surface area contributed by atoms with Gasteiger partial charge < -0.3 is 10.1 Å². The molecule has 0 bridgehead atoms. The van der Waals surface area contributed by atoms with Gasteiger partial charge in [0.25, 0.3) is 5.91 Å². The van der Waals surface area contributed by atoms with E-state index < -0.39 is 12.0 Å². The monoisotopic (exact) mass is 535 g/mol. The van der Waals surface area contributed by atoms with Gasteiger partial charge >= 0.3 is 0 Å². The van der Waals surface area contributed by atoms with Crippen molar-refractivity contribution in [2.75, 3.05) is 5.32 Å². The summed E-state index contributed by atoms with van der Waals surface area (Å²) in [6.07, 6.45) is -0.854. The fourth-order valence-electron chi connectivity index (χ4n) is 2.93. The quantitative estimate of drug-likeness (QED) is 0.264. The SMILES string of the molecule is CC(Oc1ccc(Cl)cc1Cl)C(=O)NC(=S)Nc1cc(-c2nc3ccccc3s2)ccc1Cl. The first-order valence-corrected chi connectivity index (χ1v) is 12.0. The molecule has 1 unspecified atom stereocenters. The largest absolute Gasteiger partial charge is 0.479 e. The molecular weight excluding hydrogens is 521 g/mol. The van der Waals surface area contributed by atoms with Crippen LogP contribution in [-0.4, -0.2) is 22.1 Å². The minimum absolute atomic E-state index is 0.0843. The summed E-state index contributed by atoms with van der Waals surface area (Å²) >= 11 is 25.2. The van der Waals surface area contributed by atoms with Crippen LogP contribution in [0.15, 0.2) is 60.7 Å². The lowest BCUT2D eigenvalue weighted by molar-refractivity contribution is -0.125. The summed E-state index contributed by atoms with van der Waals surface area (Å²) in [6.45, 7) is 1.59. The van der Waals surface area contributed by atoms with Crippen molar-refractivity contribution in [1.29, 1.82) is 0 Å². The Kier molecular flexibility index (Phi) is 7.36. The highest BCUT2D eigenvalue weighted by Crippen LogP contribution is 2.34. The highest BCUT2D eigenvalue weighted by Gasteiger charge is 2.18. The number of aromatic nitrogens is 1. The number of hydrogen-bond donors (Lipinski definition) is 2. The number of hydrogen-bond acceptors (Lipinski definition) is 5. The van der Waals surface area contributed by atoms with E-state index >= 15 is 0 Å². The number of thiazole rings is 1. The van der Waals surface area contributed by atoms with Crippen molar-refractivity contribution in [2.24, 2.45) is 0 Å². The van der Waals surface area contributed by atoms with Crippen molar-refractivity contribution >= 4 is 85.3 Å². The zero-order valence-electron chi connectivity index (χ0n) is 17.1. The Balaban J connectivity index is 1.43. The number of rotatable bonds is 5. The Morgan fingerprint density at radius 1 is 1.06 bits per heavy atom. The second-order valence-corrected chi connectivity index (χ2v) is 9.65. The van der Waals surface area contributed by atoms with Crippen molar-refractivity contribution in [1.82, 2.24) is 10.3 Å². The van der Waals surface area contributed by atoms with Crippen molar-refractivity contribution in [3.8, 4) is 16.3 Å². The maximum atomic E-state index is 12.5. The van der Waals surface area contributed by atoms with Gasteiger partial charge in [-0.25, -0.2) is 4.98 Å².